The molecule has 15 heteroatoms. The van der Waals surface area contributed by atoms with Crippen LogP contribution < -0.4 is 15.8 Å². The molecule has 1 aromatic heterocycles. The number of nitrogens with zero attached hydrogens (tertiary/aromatic N) is 1. The predicted molar refractivity (Wildman–Crippen MR) is 177 cm³/mol. The smallest absolute Gasteiger partial charge is 0.414 e. The van der Waals surface area contributed by atoms with Gasteiger partial charge in [-0.05, 0) is 67.5 Å². The summed E-state index contributed by atoms with van der Waals surface area (Å²) in [6.07, 6.45) is -1.96. The van der Waals surface area contributed by atoms with Gasteiger partial charge in [-0.1, -0.05) is 41.5 Å². The Morgan fingerprint density at radius 2 is 1.56 bits per heavy atom. The van der Waals surface area contributed by atoms with Gasteiger partial charge in [0, 0.05) is 17.8 Å². The van der Waals surface area contributed by atoms with E-state index < -0.39 is 60.2 Å². The van der Waals surface area contributed by atoms with Crippen molar-refractivity contribution in [1.29, 1.82) is 0 Å². The number of aromatic amines is 1. The standard InChI is InChI=1S/C30H49N2O10PSi2/c1-12-37-43(36,40-22-15-13-21(19-33)14-16-22)41-25-23(20-38-44(8,9)29(2,3)4)39-27(32-18-17-24(34)31-28(32)35)26(25)42-45(10,11)30(5,6)7/h13-19,23,25-27H,12,20H2,1-11H3,(H,31,34,35)/t23-,25-,26-,27-,43?/m1/s1. The van der Waals surface area contributed by atoms with E-state index in [1.807, 2.05) is 13.1 Å². The fourth-order valence-corrected chi connectivity index (χ4v) is 7.80. The number of nitrogens with one attached hydrogen (secondary N) is 1. The lowest BCUT2D eigenvalue weighted by Gasteiger charge is -2.41. The summed E-state index contributed by atoms with van der Waals surface area (Å²) < 4.78 is 53.2. The second-order valence-corrected chi connectivity index (χ2v) is 25.3. The average molecular weight is 685 g/mol. The van der Waals surface area contributed by atoms with Crippen LogP contribution >= 0.6 is 7.82 Å². The lowest BCUT2D eigenvalue weighted by molar-refractivity contribution is -0.0514. The third-order valence-corrected chi connectivity index (χ3v) is 19.3. The largest absolute Gasteiger partial charge is 0.530 e. The van der Waals surface area contributed by atoms with E-state index in [0.29, 0.717) is 11.8 Å². The molecule has 1 fully saturated rings. The van der Waals surface area contributed by atoms with E-state index in [1.165, 1.54) is 41.1 Å². The van der Waals surface area contributed by atoms with Gasteiger partial charge in [0.25, 0.3) is 5.56 Å². The number of carbonyl (C=O) groups is 1. The van der Waals surface area contributed by atoms with Gasteiger partial charge in [-0.2, -0.15) is 0 Å². The van der Waals surface area contributed by atoms with Gasteiger partial charge in [0.15, 0.2) is 22.9 Å². The van der Waals surface area contributed by atoms with Crippen LogP contribution in [0, 0.1) is 0 Å². The summed E-state index contributed by atoms with van der Waals surface area (Å²) in [5.41, 5.74) is -0.837. The number of phosphoric ester groups is 1. The number of benzene rings is 1. The van der Waals surface area contributed by atoms with E-state index in [9.17, 15) is 18.9 Å². The van der Waals surface area contributed by atoms with E-state index >= 15 is 0 Å². The molecule has 0 saturated carbocycles. The van der Waals surface area contributed by atoms with Gasteiger partial charge in [-0.3, -0.25) is 28.2 Å². The number of aromatic nitrogens is 2. The maximum atomic E-state index is 14.3. The van der Waals surface area contributed by atoms with E-state index in [0.717, 1.165) is 0 Å². The molecule has 1 saturated heterocycles. The highest BCUT2D eigenvalue weighted by atomic mass is 31.2. The molecule has 0 radical (unpaired) electrons. The van der Waals surface area contributed by atoms with Gasteiger partial charge in [-0.15, -0.1) is 0 Å². The normalized spacial score (nSPS) is 22.6. The lowest BCUT2D eigenvalue weighted by atomic mass is 10.1. The Hall–Kier alpha value is -2.17. The highest BCUT2D eigenvalue weighted by molar-refractivity contribution is 7.49. The molecule has 3 rings (SSSR count). The highest BCUT2D eigenvalue weighted by Crippen LogP contribution is 2.54. The molecule has 2 aromatic rings. The molecule has 2 heterocycles. The van der Waals surface area contributed by atoms with Crippen LogP contribution in [0.25, 0.3) is 0 Å². The summed E-state index contributed by atoms with van der Waals surface area (Å²) in [6.45, 7) is 22.5. The van der Waals surface area contributed by atoms with Crippen molar-refractivity contribution >= 4 is 30.7 Å². The third kappa shape index (κ3) is 9.01. The van der Waals surface area contributed by atoms with Crippen LogP contribution in [-0.2, 0) is 27.2 Å². The molecule has 252 valence electrons. The fraction of sp³-hybridized carbons (Fsp3) is 0.633. The topological polar surface area (TPSA) is 144 Å². The van der Waals surface area contributed by atoms with Crippen LogP contribution in [0.4, 0.5) is 0 Å². The molecule has 1 N–H and O–H groups in total. The molecule has 0 spiro atoms. The lowest BCUT2D eigenvalue weighted by Crippen LogP contribution is -2.50. The van der Waals surface area contributed by atoms with Crippen molar-refractivity contribution in [3.63, 3.8) is 0 Å². The van der Waals surface area contributed by atoms with Crippen LogP contribution in [0.15, 0.2) is 46.1 Å². The SMILES string of the molecule is CCOP(=O)(Oc1ccc(C=O)cc1)O[C@H]1[C@@H](O[Si](C)(C)C(C)(C)C)[C@H](n2ccc(=O)[nH]c2=O)O[C@@H]1CO[Si](C)(C)C(C)(C)C. The number of ether oxygens (including phenoxy) is 1. The van der Waals surface area contributed by atoms with Gasteiger partial charge in [0.1, 0.15) is 30.3 Å². The Labute approximate surface area is 267 Å². The Balaban J connectivity index is 2.14. The quantitative estimate of drug-likeness (QED) is 0.146. The molecular weight excluding hydrogens is 635 g/mol. The second-order valence-electron chi connectivity index (χ2n) is 14.2. The molecule has 45 heavy (non-hydrogen) atoms. The van der Waals surface area contributed by atoms with Crippen LogP contribution in [-0.4, -0.2) is 64.0 Å². The van der Waals surface area contributed by atoms with E-state index in [4.69, 9.17) is 27.2 Å². The number of phosphoric acid groups is 1. The summed E-state index contributed by atoms with van der Waals surface area (Å²) >= 11 is 0. The van der Waals surface area contributed by atoms with Gasteiger partial charge in [0.2, 0.25) is 0 Å². The van der Waals surface area contributed by atoms with Gasteiger partial charge < -0.3 is 18.1 Å². The number of H-pyrrole nitrogens is 1. The molecule has 0 aliphatic carbocycles. The van der Waals surface area contributed by atoms with Crippen LogP contribution in [0.2, 0.25) is 36.3 Å². The van der Waals surface area contributed by atoms with Crippen molar-refractivity contribution < 1.29 is 36.5 Å². The zero-order chi connectivity index (χ0) is 34.0. The van der Waals surface area contributed by atoms with Crippen molar-refractivity contribution in [3.05, 3.63) is 62.9 Å². The van der Waals surface area contributed by atoms with E-state index in [-0.39, 0.29) is 29.0 Å². The number of hydrogen-bond donors (Lipinski definition) is 1. The molecular formula is C30H49N2O10PSi2. The predicted octanol–water partition coefficient (Wildman–Crippen LogP) is 6.27. The molecule has 1 aromatic carbocycles. The third-order valence-electron chi connectivity index (χ3n) is 8.83. The zero-order valence-corrected chi connectivity index (χ0v) is 31.1. The highest BCUT2D eigenvalue weighted by Gasteiger charge is 2.55. The first kappa shape index (κ1) is 37.3. The van der Waals surface area contributed by atoms with Crippen molar-refractivity contribution in [2.45, 2.75) is 109 Å². The first-order valence-corrected chi connectivity index (χ1v) is 22.4. The van der Waals surface area contributed by atoms with Crippen LogP contribution in [0.3, 0.4) is 0 Å². The number of carbonyl (C=O) groups excluding carboxylic acids is 1. The maximum Gasteiger partial charge on any atom is 0.530 e. The summed E-state index contributed by atoms with van der Waals surface area (Å²) in [6, 6.07) is 7.26. The molecule has 1 aliphatic heterocycles. The maximum absolute atomic E-state index is 14.3. The molecule has 0 amide bonds. The minimum Gasteiger partial charge on any atom is -0.414 e. The summed E-state index contributed by atoms with van der Waals surface area (Å²) in [5, 5.41) is -0.375. The van der Waals surface area contributed by atoms with Crippen LogP contribution in [0.1, 0.15) is 65.1 Å². The van der Waals surface area contributed by atoms with Crippen molar-refractivity contribution in [3.8, 4) is 5.75 Å². The average Bonchev–Trinajstić information content (AvgIpc) is 3.22. The Morgan fingerprint density at radius 1 is 0.956 bits per heavy atom. The van der Waals surface area contributed by atoms with Gasteiger partial charge in [-0.25, -0.2) is 9.36 Å². The molecule has 12 nitrogen and oxygen atoms in total. The summed E-state index contributed by atoms with van der Waals surface area (Å²) in [7, 11) is -9.26. The Kier molecular flexibility index (Phi) is 11.5. The number of rotatable bonds is 13. The minimum absolute atomic E-state index is 0.00101. The first-order chi connectivity index (χ1) is 20.6. The Bertz CT molecular complexity index is 1480. The van der Waals surface area contributed by atoms with Gasteiger partial charge >= 0.3 is 13.5 Å². The van der Waals surface area contributed by atoms with Gasteiger partial charge in [0.05, 0.1) is 13.2 Å². The summed E-state index contributed by atoms with van der Waals surface area (Å²) in [5.74, 6) is 0.167. The number of aldehydes is 1. The van der Waals surface area contributed by atoms with Crippen molar-refractivity contribution in [2.24, 2.45) is 0 Å². The second kappa shape index (κ2) is 13.9. The fourth-order valence-electron chi connectivity index (χ4n) is 4.09. The minimum atomic E-state index is -4.35. The van der Waals surface area contributed by atoms with E-state index in [1.54, 1.807) is 6.92 Å². The molecule has 1 aliphatic rings. The summed E-state index contributed by atoms with van der Waals surface area (Å²) in [4.78, 5) is 38.4. The molecule has 0 bridgehead atoms. The van der Waals surface area contributed by atoms with Crippen molar-refractivity contribution in [2.75, 3.05) is 13.2 Å². The van der Waals surface area contributed by atoms with Crippen molar-refractivity contribution in [1.82, 2.24) is 9.55 Å². The zero-order valence-electron chi connectivity index (χ0n) is 28.2. The monoisotopic (exact) mass is 684 g/mol. The van der Waals surface area contributed by atoms with E-state index in [2.05, 4.69) is 59.6 Å². The molecule has 5 atom stereocenters. The number of hydrogen-bond acceptors (Lipinski definition) is 10. The first-order valence-electron chi connectivity index (χ1n) is 15.1. The molecule has 1 unspecified atom stereocenters. The Morgan fingerprint density at radius 3 is 2.07 bits per heavy atom. The van der Waals surface area contributed by atoms with Crippen LogP contribution in [0.5, 0.6) is 5.75 Å².